The molecule has 0 aliphatic rings. The first-order chi connectivity index (χ1) is 10.8. The van der Waals surface area contributed by atoms with Crippen LogP contribution in [0, 0.1) is 0 Å². The molecule has 1 aromatic heterocycles. The second-order valence-corrected chi connectivity index (χ2v) is 5.26. The maximum absolute atomic E-state index is 12.0. The summed E-state index contributed by atoms with van der Waals surface area (Å²) in [6.45, 7) is 2.83. The molecule has 0 spiro atoms. The van der Waals surface area contributed by atoms with Crippen LogP contribution in [0.15, 0.2) is 54.9 Å². The predicted octanol–water partition coefficient (Wildman–Crippen LogP) is 3.56. The van der Waals surface area contributed by atoms with Crippen LogP contribution in [0.5, 0.6) is 0 Å². The van der Waals surface area contributed by atoms with Crippen molar-refractivity contribution >= 4 is 16.9 Å². The molecule has 3 aromatic rings. The quantitative estimate of drug-likeness (QED) is 0.731. The number of rotatable bonds is 5. The number of benzene rings is 2. The Kier molecular flexibility index (Phi) is 4.19. The molecule has 112 valence electrons. The molecule has 0 aliphatic heterocycles. The third-order valence-electron chi connectivity index (χ3n) is 3.68. The van der Waals surface area contributed by atoms with Gasteiger partial charge in [-0.1, -0.05) is 25.5 Å². The van der Waals surface area contributed by atoms with E-state index in [0.717, 1.165) is 36.1 Å². The molecule has 0 saturated carbocycles. The van der Waals surface area contributed by atoms with Gasteiger partial charge in [-0.25, -0.2) is 4.98 Å². The minimum absolute atomic E-state index is 0.0181. The van der Waals surface area contributed by atoms with E-state index in [2.05, 4.69) is 17.2 Å². The van der Waals surface area contributed by atoms with Gasteiger partial charge in [0.2, 0.25) is 0 Å². The van der Waals surface area contributed by atoms with Gasteiger partial charge in [0.05, 0.1) is 11.0 Å². The molecule has 1 heterocycles. The first-order valence-electron chi connectivity index (χ1n) is 7.60. The van der Waals surface area contributed by atoms with Gasteiger partial charge in [-0.15, -0.1) is 0 Å². The fraction of sp³-hybridized carbons (Fsp3) is 0.222. The second kappa shape index (κ2) is 6.43. The number of imidazole rings is 1. The molecule has 0 fully saturated rings. The van der Waals surface area contributed by atoms with Crippen molar-refractivity contribution in [1.82, 2.24) is 14.9 Å². The fourth-order valence-electron chi connectivity index (χ4n) is 2.42. The highest BCUT2D eigenvalue weighted by Crippen LogP contribution is 2.18. The molecule has 4 heteroatoms. The van der Waals surface area contributed by atoms with Crippen LogP contribution in [0.1, 0.15) is 30.1 Å². The number of aromatic nitrogens is 2. The van der Waals surface area contributed by atoms with E-state index in [0.29, 0.717) is 5.56 Å². The summed E-state index contributed by atoms with van der Waals surface area (Å²) >= 11 is 0. The van der Waals surface area contributed by atoms with Crippen molar-refractivity contribution < 1.29 is 4.79 Å². The molecule has 0 atom stereocenters. The van der Waals surface area contributed by atoms with E-state index in [1.165, 1.54) is 0 Å². The van der Waals surface area contributed by atoms with Gasteiger partial charge >= 0.3 is 0 Å². The molecule has 0 aliphatic carbocycles. The van der Waals surface area contributed by atoms with E-state index in [1.54, 1.807) is 6.33 Å². The van der Waals surface area contributed by atoms with Crippen LogP contribution < -0.4 is 5.32 Å². The average Bonchev–Trinajstić information content (AvgIpc) is 2.99. The average molecular weight is 293 g/mol. The summed E-state index contributed by atoms with van der Waals surface area (Å²) in [6.07, 6.45) is 3.89. The summed E-state index contributed by atoms with van der Waals surface area (Å²) in [5.74, 6) is -0.0181. The molecular weight excluding hydrogens is 274 g/mol. The zero-order valence-corrected chi connectivity index (χ0v) is 12.6. The summed E-state index contributed by atoms with van der Waals surface area (Å²) in [7, 11) is 0. The molecule has 0 radical (unpaired) electrons. The zero-order valence-electron chi connectivity index (χ0n) is 12.6. The first-order valence-corrected chi connectivity index (χ1v) is 7.60. The van der Waals surface area contributed by atoms with Crippen LogP contribution in [0.3, 0.4) is 0 Å². The maximum Gasteiger partial charge on any atom is 0.251 e. The maximum atomic E-state index is 12.0. The van der Waals surface area contributed by atoms with Gasteiger partial charge in [0.1, 0.15) is 6.33 Å². The lowest BCUT2D eigenvalue weighted by atomic mass is 10.2. The minimum atomic E-state index is -0.0181. The molecular formula is C18H19N3O. The number of nitrogens with zero attached hydrogens (tertiary/aromatic N) is 2. The Labute approximate surface area is 129 Å². The van der Waals surface area contributed by atoms with Crippen molar-refractivity contribution in [3.8, 4) is 5.69 Å². The van der Waals surface area contributed by atoms with Gasteiger partial charge in [0.15, 0.2) is 0 Å². The Morgan fingerprint density at radius 2 is 1.91 bits per heavy atom. The summed E-state index contributed by atoms with van der Waals surface area (Å²) in [4.78, 5) is 16.4. The van der Waals surface area contributed by atoms with Gasteiger partial charge in [-0.3, -0.25) is 9.36 Å². The van der Waals surface area contributed by atoms with Crippen LogP contribution in [0.4, 0.5) is 0 Å². The number of unbranched alkanes of at least 4 members (excludes halogenated alkanes) is 1. The minimum Gasteiger partial charge on any atom is -0.352 e. The van der Waals surface area contributed by atoms with Crippen molar-refractivity contribution in [2.75, 3.05) is 6.54 Å². The second-order valence-electron chi connectivity index (χ2n) is 5.26. The Morgan fingerprint density at radius 3 is 2.68 bits per heavy atom. The lowest BCUT2D eigenvalue weighted by molar-refractivity contribution is 0.0953. The van der Waals surface area contributed by atoms with Gasteiger partial charge in [0.25, 0.3) is 5.91 Å². The zero-order chi connectivity index (χ0) is 15.4. The van der Waals surface area contributed by atoms with Crippen LogP contribution in [-0.4, -0.2) is 22.0 Å². The normalized spacial score (nSPS) is 10.8. The van der Waals surface area contributed by atoms with Crippen molar-refractivity contribution in [2.45, 2.75) is 19.8 Å². The number of carbonyl (C=O) groups is 1. The molecule has 0 saturated heterocycles. The van der Waals surface area contributed by atoms with Crippen LogP contribution in [-0.2, 0) is 0 Å². The Balaban J connectivity index is 1.81. The van der Waals surface area contributed by atoms with Crippen molar-refractivity contribution in [1.29, 1.82) is 0 Å². The van der Waals surface area contributed by atoms with Crippen LogP contribution >= 0.6 is 0 Å². The summed E-state index contributed by atoms with van der Waals surface area (Å²) in [5, 5.41) is 2.93. The molecule has 1 amide bonds. The number of amides is 1. The Hall–Kier alpha value is -2.62. The molecule has 0 bridgehead atoms. The van der Waals surface area contributed by atoms with E-state index < -0.39 is 0 Å². The largest absolute Gasteiger partial charge is 0.352 e. The molecule has 4 nitrogen and oxygen atoms in total. The Bertz CT molecular complexity index is 774. The number of para-hydroxylation sites is 2. The van der Waals surface area contributed by atoms with Gasteiger partial charge in [-0.05, 0) is 42.8 Å². The highest BCUT2D eigenvalue weighted by molar-refractivity contribution is 5.94. The third-order valence-corrected chi connectivity index (χ3v) is 3.68. The van der Waals surface area contributed by atoms with E-state index >= 15 is 0 Å². The molecule has 2 aromatic carbocycles. The van der Waals surface area contributed by atoms with E-state index in [4.69, 9.17) is 0 Å². The van der Waals surface area contributed by atoms with E-state index in [1.807, 2.05) is 53.1 Å². The van der Waals surface area contributed by atoms with Gasteiger partial charge < -0.3 is 5.32 Å². The van der Waals surface area contributed by atoms with Crippen LogP contribution in [0.2, 0.25) is 0 Å². The standard InChI is InChI=1S/C18H19N3O/c1-2-3-12-19-18(22)14-8-10-15(11-9-14)21-13-20-16-6-4-5-7-17(16)21/h4-11,13H,2-3,12H2,1H3,(H,19,22). The number of fused-ring (bicyclic) bond motifs is 1. The van der Waals surface area contributed by atoms with E-state index in [9.17, 15) is 4.79 Å². The predicted molar refractivity (Wildman–Crippen MR) is 88.3 cm³/mol. The Morgan fingerprint density at radius 1 is 1.14 bits per heavy atom. The molecule has 1 N–H and O–H groups in total. The van der Waals surface area contributed by atoms with Crippen molar-refractivity contribution in [3.05, 3.63) is 60.4 Å². The topological polar surface area (TPSA) is 46.9 Å². The van der Waals surface area contributed by atoms with Gasteiger partial charge in [0, 0.05) is 17.8 Å². The van der Waals surface area contributed by atoms with Gasteiger partial charge in [-0.2, -0.15) is 0 Å². The monoisotopic (exact) mass is 293 g/mol. The SMILES string of the molecule is CCCCNC(=O)c1ccc(-n2cnc3ccccc32)cc1. The highest BCUT2D eigenvalue weighted by atomic mass is 16.1. The number of nitrogens with one attached hydrogen (secondary N) is 1. The summed E-state index contributed by atoms with van der Waals surface area (Å²) in [5.41, 5.74) is 3.70. The lowest BCUT2D eigenvalue weighted by Crippen LogP contribution is -2.24. The van der Waals surface area contributed by atoms with Crippen molar-refractivity contribution in [3.63, 3.8) is 0 Å². The number of hydrogen-bond acceptors (Lipinski definition) is 2. The van der Waals surface area contributed by atoms with Crippen molar-refractivity contribution in [2.24, 2.45) is 0 Å². The first kappa shape index (κ1) is 14.3. The molecule has 22 heavy (non-hydrogen) atoms. The number of hydrogen-bond donors (Lipinski definition) is 1. The fourth-order valence-corrected chi connectivity index (χ4v) is 2.42. The van der Waals surface area contributed by atoms with Crippen LogP contribution in [0.25, 0.3) is 16.7 Å². The number of carbonyl (C=O) groups excluding carboxylic acids is 1. The smallest absolute Gasteiger partial charge is 0.251 e. The summed E-state index contributed by atoms with van der Waals surface area (Å²) < 4.78 is 2.02. The molecule has 0 unspecified atom stereocenters. The summed E-state index contributed by atoms with van der Waals surface area (Å²) in [6, 6.07) is 15.6. The third kappa shape index (κ3) is 2.86. The highest BCUT2D eigenvalue weighted by Gasteiger charge is 2.07. The van der Waals surface area contributed by atoms with E-state index in [-0.39, 0.29) is 5.91 Å². The lowest BCUT2D eigenvalue weighted by Gasteiger charge is -2.07. The molecule has 3 rings (SSSR count).